The highest BCUT2D eigenvalue weighted by atomic mass is 16.4. The molecule has 1 amide bonds. The summed E-state index contributed by atoms with van der Waals surface area (Å²) >= 11 is 0. The minimum absolute atomic E-state index is 0.0767. The van der Waals surface area contributed by atoms with E-state index in [4.69, 9.17) is 5.11 Å². The lowest BCUT2D eigenvalue weighted by Gasteiger charge is -2.17. The number of Topliss-reactive ketones (excluding diaryl/α,β-unsaturated/α-hetero) is 1. The highest BCUT2D eigenvalue weighted by Gasteiger charge is 2.22. The monoisotopic (exact) mass is 328 g/mol. The molecule has 2 N–H and O–H groups in total. The van der Waals surface area contributed by atoms with Gasteiger partial charge in [-0.25, -0.2) is 4.79 Å². The number of carboxylic acid groups (broad SMARTS) is 1. The average molecular weight is 328 g/mol. The highest BCUT2D eigenvalue weighted by Crippen LogP contribution is 2.20. The smallest absolute Gasteiger partial charge is 0.335 e. The largest absolute Gasteiger partial charge is 0.478 e. The highest BCUT2D eigenvalue weighted by molar-refractivity contribution is 6.02. The molecule has 0 aliphatic rings. The summed E-state index contributed by atoms with van der Waals surface area (Å²) in [7, 11) is 1.66. The van der Waals surface area contributed by atoms with E-state index in [0.717, 1.165) is 5.56 Å². The lowest BCUT2D eigenvalue weighted by molar-refractivity contribution is 0.0695. The topological polar surface area (TPSA) is 90.5 Å². The fourth-order valence-corrected chi connectivity index (χ4v) is 2.78. The van der Waals surface area contributed by atoms with Crippen molar-refractivity contribution in [1.82, 2.24) is 9.88 Å². The third-order valence-electron chi connectivity index (χ3n) is 3.97. The van der Waals surface area contributed by atoms with Gasteiger partial charge >= 0.3 is 5.97 Å². The number of H-pyrrole nitrogens is 1. The van der Waals surface area contributed by atoms with E-state index in [1.54, 1.807) is 33.0 Å². The standard InChI is InChI=1S/C18H20N2O4/c1-10-15(12(3)21)11(2)19-16(10)17(22)20(4)9-13-5-7-14(8-6-13)18(23)24/h5-8,19H,9H2,1-4H3,(H,23,24). The van der Waals surface area contributed by atoms with E-state index in [9.17, 15) is 14.4 Å². The van der Waals surface area contributed by atoms with Gasteiger partial charge < -0.3 is 15.0 Å². The molecule has 0 atom stereocenters. The van der Waals surface area contributed by atoms with Crippen molar-refractivity contribution in [3.05, 3.63) is 57.9 Å². The number of amides is 1. The summed E-state index contributed by atoms with van der Waals surface area (Å²) in [5.41, 5.74) is 3.32. The molecule has 0 bridgehead atoms. The predicted octanol–water partition coefficient (Wildman–Crippen LogP) is 2.80. The van der Waals surface area contributed by atoms with Crippen molar-refractivity contribution in [3.8, 4) is 0 Å². The van der Waals surface area contributed by atoms with Gasteiger partial charge in [-0.2, -0.15) is 0 Å². The van der Waals surface area contributed by atoms with Crippen LogP contribution in [-0.2, 0) is 6.54 Å². The van der Waals surface area contributed by atoms with E-state index in [2.05, 4.69) is 4.98 Å². The molecule has 0 aliphatic carbocycles. The molecule has 1 aromatic carbocycles. The molecule has 0 unspecified atom stereocenters. The molecule has 6 nitrogen and oxygen atoms in total. The molecule has 0 saturated heterocycles. The fraction of sp³-hybridized carbons (Fsp3) is 0.278. The van der Waals surface area contributed by atoms with Crippen molar-refractivity contribution in [2.45, 2.75) is 27.3 Å². The molecule has 0 radical (unpaired) electrons. The lowest BCUT2D eigenvalue weighted by atomic mass is 10.1. The van der Waals surface area contributed by atoms with Gasteiger partial charge in [0.1, 0.15) is 5.69 Å². The number of hydrogen-bond donors (Lipinski definition) is 2. The number of rotatable bonds is 5. The number of carbonyl (C=O) groups is 3. The Hall–Kier alpha value is -2.89. The minimum Gasteiger partial charge on any atom is -0.478 e. The van der Waals surface area contributed by atoms with Gasteiger partial charge in [0.25, 0.3) is 5.91 Å². The van der Waals surface area contributed by atoms with Crippen LogP contribution < -0.4 is 0 Å². The van der Waals surface area contributed by atoms with Crippen LogP contribution in [0.5, 0.6) is 0 Å². The van der Waals surface area contributed by atoms with E-state index in [0.29, 0.717) is 29.1 Å². The van der Waals surface area contributed by atoms with Crippen LogP contribution in [0.4, 0.5) is 0 Å². The Kier molecular flexibility index (Phi) is 4.87. The Morgan fingerprint density at radius 3 is 2.17 bits per heavy atom. The summed E-state index contributed by atoms with van der Waals surface area (Å²) in [5.74, 6) is -1.28. The summed E-state index contributed by atoms with van der Waals surface area (Å²) < 4.78 is 0. The molecule has 6 heteroatoms. The van der Waals surface area contributed by atoms with Crippen LogP contribution in [0.2, 0.25) is 0 Å². The van der Waals surface area contributed by atoms with E-state index in [1.807, 2.05) is 0 Å². The van der Waals surface area contributed by atoms with E-state index < -0.39 is 5.97 Å². The molecule has 1 aromatic heterocycles. The number of aromatic amines is 1. The normalized spacial score (nSPS) is 10.5. The molecule has 0 spiro atoms. The average Bonchev–Trinajstić information content (AvgIpc) is 2.81. The van der Waals surface area contributed by atoms with Crippen molar-refractivity contribution in [2.24, 2.45) is 0 Å². The first-order chi connectivity index (χ1) is 11.2. The zero-order valence-electron chi connectivity index (χ0n) is 14.1. The molecule has 1 heterocycles. The van der Waals surface area contributed by atoms with E-state index >= 15 is 0 Å². The van der Waals surface area contributed by atoms with Crippen molar-refractivity contribution in [1.29, 1.82) is 0 Å². The van der Waals surface area contributed by atoms with E-state index in [1.165, 1.54) is 24.0 Å². The van der Waals surface area contributed by atoms with Gasteiger partial charge in [-0.15, -0.1) is 0 Å². The van der Waals surface area contributed by atoms with Crippen LogP contribution in [0.3, 0.4) is 0 Å². The Morgan fingerprint density at radius 2 is 1.71 bits per heavy atom. The predicted molar refractivity (Wildman–Crippen MR) is 89.5 cm³/mol. The number of aromatic nitrogens is 1. The Labute approximate surface area is 140 Å². The molecule has 2 rings (SSSR count). The molecule has 126 valence electrons. The first kappa shape index (κ1) is 17.5. The zero-order chi connectivity index (χ0) is 18.0. The number of aromatic carboxylic acids is 1. The number of nitrogens with zero attached hydrogens (tertiary/aromatic N) is 1. The SMILES string of the molecule is CC(=O)c1c(C)[nH]c(C(=O)N(C)Cc2ccc(C(=O)O)cc2)c1C. The summed E-state index contributed by atoms with van der Waals surface area (Å²) in [6, 6.07) is 6.38. The van der Waals surface area contributed by atoms with Crippen LogP contribution in [-0.4, -0.2) is 39.7 Å². The van der Waals surface area contributed by atoms with Gasteiger partial charge in [0.2, 0.25) is 0 Å². The van der Waals surface area contributed by atoms with Gasteiger partial charge in [0.05, 0.1) is 5.56 Å². The summed E-state index contributed by atoms with van der Waals surface area (Å²) in [6.07, 6.45) is 0. The quantitative estimate of drug-likeness (QED) is 0.826. The molecular formula is C18H20N2O4. The van der Waals surface area contributed by atoms with Crippen LogP contribution in [0.25, 0.3) is 0 Å². The van der Waals surface area contributed by atoms with Gasteiger partial charge in [0.15, 0.2) is 5.78 Å². The number of carboxylic acids is 1. The first-order valence-corrected chi connectivity index (χ1v) is 7.50. The second-order valence-corrected chi connectivity index (χ2v) is 5.84. The van der Waals surface area contributed by atoms with Crippen molar-refractivity contribution in [2.75, 3.05) is 7.05 Å². The van der Waals surface area contributed by atoms with Gasteiger partial charge in [-0.1, -0.05) is 12.1 Å². The molecule has 0 saturated carbocycles. The number of ketones is 1. The van der Waals surface area contributed by atoms with E-state index in [-0.39, 0.29) is 17.3 Å². The van der Waals surface area contributed by atoms with Crippen molar-refractivity contribution < 1.29 is 19.5 Å². The van der Waals surface area contributed by atoms with Crippen LogP contribution in [0.15, 0.2) is 24.3 Å². The van der Waals surface area contributed by atoms with Gasteiger partial charge in [-0.3, -0.25) is 9.59 Å². The second-order valence-electron chi connectivity index (χ2n) is 5.84. The summed E-state index contributed by atoms with van der Waals surface area (Å²) in [4.78, 5) is 39.7. The molecular weight excluding hydrogens is 308 g/mol. The maximum Gasteiger partial charge on any atom is 0.335 e. The lowest BCUT2D eigenvalue weighted by Crippen LogP contribution is -2.27. The maximum atomic E-state index is 12.6. The zero-order valence-corrected chi connectivity index (χ0v) is 14.1. The fourth-order valence-electron chi connectivity index (χ4n) is 2.78. The number of hydrogen-bond acceptors (Lipinski definition) is 3. The second kappa shape index (κ2) is 6.70. The number of benzene rings is 1. The molecule has 24 heavy (non-hydrogen) atoms. The molecule has 0 aliphatic heterocycles. The van der Waals surface area contributed by atoms with Crippen molar-refractivity contribution in [3.63, 3.8) is 0 Å². The van der Waals surface area contributed by atoms with Gasteiger partial charge in [-0.05, 0) is 44.0 Å². The summed E-state index contributed by atoms with van der Waals surface area (Å²) in [5, 5.41) is 8.90. The Bertz CT molecular complexity index is 803. The molecule has 2 aromatic rings. The molecule has 0 fully saturated rings. The third kappa shape index (κ3) is 3.37. The third-order valence-corrected chi connectivity index (χ3v) is 3.97. The number of aryl methyl sites for hydroxylation is 1. The number of nitrogens with one attached hydrogen (secondary N) is 1. The Balaban J connectivity index is 2.19. The number of carbonyl (C=O) groups excluding carboxylic acids is 2. The van der Waals surface area contributed by atoms with Crippen molar-refractivity contribution >= 4 is 17.7 Å². The van der Waals surface area contributed by atoms with Crippen LogP contribution >= 0.6 is 0 Å². The Morgan fingerprint density at radius 1 is 1.12 bits per heavy atom. The van der Waals surface area contributed by atoms with Crippen LogP contribution in [0, 0.1) is 13.8 Å². The van der Waals surface area contributed by atoms with Crippen LogP contribution in [0.1, 0.15) is 54.9 Å². The minimum atomic E-state index is -0.986. The van der Waals surface area contributed by atoms with Gasteiger partial charge in [0, 0.05) is 24.8 Å². The first-order valence-electron chi connectivity index (χ1n) is 7.50. The maximum absolute atomic E-state index is 12.6. The summed E-state index contributed by atoms with van der Waals surface area (Å²) in [6.45, 7) is 5.34.